The van der Waals surface area contributed by atoms with E-state index in [2.05, 4.69) is 26.5 Å². The van der Waals surface area contributed by atoms with Gasteiger partial charge in [0, 0.05) is 12.5 Å². The number of likely N-dealkylation sites (tertiary alicyclic amines) is 1. The summed E-state index contributed by atoms with van der Waals surface area (Å²) in [7, 11) is -3.47. The van der Waals surface area contributed by atoms with Crippen LogP contribution < -0.4 is 4.72 Å². The highest BCUT2D eigenvalue weighted by atomic mass is 32.2. The number of piperidine rings is 1. The van der Waals surface area contributed by atoms with Gasteiger partial charge in [-0.1, -0.05) is 20.3 Å². The smallest absolute Gasteiger partial charge is 0.257 e. The second-order valence-corrected chi connectivity index (χ2v) is 7.32. The van der Waals surface area contributed by atoms with E-state index in [-0.39, 0.29) is 11.1 Å². The topological polar surface area (TPSA) is 78.1 Å². The number of hydrogen-bond donors (Lipinski definition) is 2. The molecule has 21 heavy (non-hydrogen) atoms. The molecule has 0 aromatic carbocycles. The van der Waals surface area contributed by atoms with Crippen LogP contribution in [-0.2, 0) is 16.4 Å². The van der Waals surface area contributed by atoms with Gasteiger partial charge in [-0.2, -0.15) is 0 Å². The Labute approximate surface area is 127 Å². The minimum Gasteiger partial charge on any atom is -0.332 e. The van der Waals surface area contributed by atoms with Crippen LogP contribution in [0.4, 0.5) is 0 Å². The van der Waals surface area contributed by atoms with Crippen LogP contribution in [0.15, 0.2) is 11.2 Å². The lowest BCUT2D eigenvalue weighted by molar-refractivity contribution is 0.205. The number of hydrogen-bond acceptors (Lipinski definition) is 4. The minimum atomic E-state index is -3.47. The zero-order valence-corrected chi connectivity index (χ0v) is 13.7. The molecular weight excluding hydrogens is 288 g/mol. The van der Waals surface area contributed by atoms with Crippen LogP contribution in [0.5, 0.6) is 0 Å². The highest BCUT2D eigenvalue weighted by Gasteiger charge is 2.25. The molecule has 0 amide bonds. The summed E-state index contributed by atoms with van der Waals surface area (Å²) in [6.45, 7) is 7.19. The molecule has 1 saturated heterocycles. The van der Waals surface area contributed by atoms with E-state index < -0.39 is 10.0 Å². The molecule has 7 heteroatoms. The van der Waals surface area contributed by atoms with Crippen molar-refractivity contribution in [3.63, 3.8) is 0 Å². The molecule has 120 valence electrons. The number of H-pyrrole nitrogens is 1. The zero-order valence-electron chi connectivity index (χ0n) is 12.9. The predicted octanol–water partition coefficient (Wildman–Crippen LogP) is 1.51. The second kappa shape index (κ2) is 7.38. The van der Waals surface area contributed by atoms with Crippen molar-refractivity contribution in [1.29, 1.82) is 0 Å². The number of aromatic amines is 1. The van der Waals surface area contributed by atoms with Crippen LogP contribution in [0, 0.1) is 0 Å². The first kappa shape index (κ1) is 16.5. The van der Waals surface area contributed by atoms with E-state index in [1.54, 1.807) is 0 Å². The first-order valence-electron chi connectivity index (χ1n) is 7.83. The summed E-state index contributed by atoms with van der Waals surface area (Å²) >= 11 is 0. The van der Waals surface area contributed by atoms with Crippen molar-refractivity contribution in [2.75, 3.05) is 19.6 Å². The largest absolute Gasteiger partial charge is 0.332 e. The highest BCUT2D eigenvalue weighted by Crippen LogP contribution is 2.14. The summed E-state index contributed by atoms with van der Waals surface area (Å²) in [4.78, 5) is 9.33. The van der Waals surface area contributed by atoms with Crippen LogP contribution >= 0.6 is 0 Å². The molecule has 2 heterocycles. The maximum atomic E-state index is 12.3. The van der Waals surface area contributed by atoms with Gasteiger partial charge in [0.15, 0.2) is 5.03 Å². The summed E-state index contributed by atoms with van der Waals surface area (Å²) in [5.74, 6) is 0.699. The fourth-order valence-electron chi connectivity index (χ4n) is 2.60. The summed E-state index contributed by atoms with van der Waals surface area (Å²) in [6.07, 6.45) is 6.26. The quantitative estimate of drug-likeness (QED) is 0.800. The van der Waals surface area contributed by atoms with Crippen molar-refractivity contribution in [3.05, 3.63) is 12.0 Å². The standard InChI is InChI=1S/C14H26N4O2S/c1-3-5-8-18-9-6-12(7-10-18)17-21(19,20)14-11-15-13(4-2)16-14/h11-12,17H,3-10H2,1-2H3,(H,15,16). The lowest BCUT2D eigenvalue weighted by Gasteiger charge is -2.31. The fraction of sp³-hybridized carbons (Fsp3) is 0.786. The lowest BCUT2D eigenvalue weighted by atomic mass is 10.1. The maximum absolute atomic E-state index is 12.3. The van der Waals surface area contributed by atoms with Gasteiger partial charge in [-0.25, -0.2) is 18.1 Å². The number of rotatable bonds is 7. The third-order valence-corrected chi connectivity index (χ3v) is 5.40. The third-order valence-electron chi connectivity index (χ3n) is 3.97. The molecule has 1 aliphatic heterocycles. The Hall–Kier alpha value is -0.920. The van der Waals surface area contributed by atoms with E-state index in [4.69, 9.17) is 0 Å². The van der Waals surface area contributed by atoms with Crippen molar-refractivity contribution in [1.82, 2.24) is 19.6 Å². The summed E-state index contributed by atoms with van der Waals surface area (Å²) in [6, 6.07) is 0.0289. The summed E-state index contributed by atoms with van der Waals surface area (Å²) < 4.78 is 27.4. The van der Waals surface area contributed by atoms with Gasteiger partial charge in [-0.05, 0) is 38.9 Å². The molecule has 1 aromatic rings. The number of nitrogens with zero attached hydrogens (tertiary/aromatic N) is 2. The number of nitrogens with one attached hydrogen (secondary N) is 2. The Balaban J connectivity index is 1.87. The molecular formula is C14H26N4O2S. The molecule has 1 fully saturated rings. The molecule has 2 rings (SSSR count). The SMILES string of the molecule is CCCCN1CCC(NS(=O)(=O)c2cnc(CC)[nH]2)CC1. The molecule has 2 N–H and O–H groups in total. The molecule has 0 unspecified atom stereocenters. The number of aromatic nitrogens is 2. The van der Waals surface area contributed by atoms with Crippen LogP contribution in [0.2, 0.25) is 0 Å². The molecule has 6 nitrogen and oxygen atoms in total. The van der Waals surface area contributed by atoms with Crippen LogP contribution in [0.1, 0.15) is 45.4 Å². The molecule has 1 aromatic heterocycles. The van der Waals surface area contributed by atoms with Gasteiger partial charge >= 0.3 is 0 Å². The Morgan fingerprint density at radius 3 is 2.67 bits per heavy atom. The second-order valence-electron chi connectivity index (χ2n) is 5.64. The Morgan fingerprint density at radius 2 is 2.10 bits per heavy atom. The van der Waals surface area contributed by atoms with E-state index >= 15 is 0 Å². The Morgan fingerprint density at radius 1 is 1.38 bits per heavy atom. The maximum Gasteiger partial charge on any atom is 0.257 e. The average molecular weight is 314 g/mol. The normalized spacial score (nSPS) is 18.2. The third kappa shape index (κ3) is 4.52. The van der Waals surface area contributed by atoms with Gasteiger partial charge in [0.1, 0.15) is 5.82 Å². The van der Waals surface area contributed by atoms with Gasteiger partial charge in [0.05, 0.1) is 6.20 Å². The van der Waals surface area contributed by atoms with E-state index in [1.165, 1.54) is 19.0 Å². The van der Waals surface area contributed by atoms with Crippen molar-refractivity contribution in [3.8, 4) is 0 Å². The van der Waals surface area contributed by atoms with Gasteiger partial charge < -0.3 is 9.88 Å². The van der Waals surface area contributed by atoms with Crippen LogP contribution in [0.3, 0.4) is 0 Å². The number of unbranched alkanes of at least 4 members (excludes halogenated alkanes) is 1. The number of aryl methyl sites for hydroxylation is 1. The Bertz CT molecular complexity index is 533. The molecule has 0 spiro atoms. The van der Waals surface area contributed by atoms with Crippen molar-refractivity contribution in [2.24, 2.45) is 0 Å². The molecule has 0 aliphatic carbocycles. The van der Waals surface area contributed by atoms with Gasteiger partial charge in [0.25, 0.3) is 10.0 Å². The Kier molecular flexibility index (Phi) is 5.78. The first-order valence-corrected chi connectivity index (χ1v) is 9.32. The molecule has 0 radical (unpaired) electrons. The number of imidazole rings is 1. The first-order chi connectivity index (χ1) is 10.0. The van der Waals surface area contributed by atoms with Crippen molar-refractivity contribution in [2.45, 2.75) is 57.0 Å². The highest BCUT2D eigenvalue weighted by molar-refractivity contribution is 7.89. The lowest BCUT2D eigenvalue weighted by Crippen LogP contribution is -2.44. The summed E-state index contributed by atoms with van der Waals surface area (Å²) in [5, 5.41) is 0.174. The molecule has 0 atom stereocenters. The van der Waals surface area contributed by atoms with Crippen LogP contribution in [-0.4, -0.2) is 49.0 Å². The van der Waals surface area contributed by atoms with Crippen LogP contribution in [0.25, 0.3) is 0 Å². The van der Waals surface area contributed by atoms with Gasteiger partial charge in [0.2, 0.25) is 0 Å². The zero-order chi connectivity index (χ0) is 15.3. The minimum absolute atomic E-state index is 0.0289. The van der Waals surface area contributed by atoms with E-state index in [9.17, 15) is 8.42 Å². The summed E-state index contributed by atoms with van der Waals surface area (Å²) in [5.41, 5.74) is 0. The fourth-order valence-corrected chi connectivity index (χ4v) is 3.84. The van der Waals surface area contributed by atoms with Gasteiger partial charge in [-0.15, -0.1) is 0 Å². The predicted molar refractivity (Wildman–Crippen MR) is 82.7 cm³/mol. The van der Waals surface area contributed by atoms with E-state index in [0.29, 0.717) is 12.2 Å². The molecule has 1 aliphatic rings. The van der Waals surface area contributed by atoms with E-state index in [1.807, 2.05) is 6.92 Å². The van der Waals surface area contributed by atoms with Gasteiger partial charge in [-0.3, -0.25) is 0 Å². The van der Waals surface area contributed by atoms with Crippen molar-refractivity contribution < 1.29 is 8.42 Å². The monoisotopic (exact) mass is 314 g/mol. The van der Waals surface area contributed by atoms with E-state index in [0.717, 1.165) is 32.5 Å². The van der Waals surface area contributed by atoms with Crippen molar-refractivity contribution >= 4 is 10.0 Å². The number of sulfonamides is 1. The molecule has 0 saturated carbocycles. The average Bonchev–Trinajstić information content (AvgIpc) is 2.96. The molecule has 0 bridgehead atoms.